The van der Waals surface area contributed by atoms with Gasteiger partial charge in [0.25, 0.3) is 0 Å². The third-order valence-corrected chi connectivity index (χ3v) is 2.38. The number of esters is 1. The summed E-state index contributed by atoms with van der Waals surface area (Å²) in [7, 11) is 0. The van der Waals surface area contributed by atoms with Crippen LogP contribution in [0.1, 0.15) is 32.3 Å². The number of ketones is 1. The molecule has 0 amide bonds. The second-order valence-corrected chi connectivity index (χ2v) is 3.86. The van der Waals surface area contributed by atoms with Crippen LogP contribution in [0.2, 0.25) is 0 Å². The topological polar surface area (TPSA) is 43.4 Å². The Morgan fingerprint density at radius 1 is 1.17 bits per heavy atom. The first-order valence-electron chi connectivity index (χ1n) is 6.16. The largest absolute Gasteiger partial charge is 0.462 e. The van der Waals surface area contributed by atoms with Gasteiger partial charge < -0.3 is 4.74 Å². The van der Waals surface area contributed by atoms with Crippen molar-refractivity contribution in [3.05, 3.63) is 41.5 Å². The highest BCUT2D eigenvalue weighted by Crippen LogP contribution is 2.12. The maximum Gasteiger partial charge on any atom is 0.341 e. The van der Waals surface area contributed by atoms with E-state index in [1.807, 2.05) is 37.3 Å². The molecule has 0 N–H and O–H groups in total. The molecule has 1 aromatic rings. The van der Waals surface area contributed by atoms with Gasteiger partial charge in [0, 0.05) is 6.42 Å². The molecule has 0 aliphatic rings. The zero-order valence-corrected chi connectivity index (χ0v) is 10.8. The number of benzene rings is 1. The molecule has 0 bridgehead atoms. The van der Waals surface area contributed by atoms with Crippen molar-refractivity contribution < 1.29 is 14.3 Å². The summed E-state index contributed by atoms with van der Waals surface area (Å²) in [6.07, 6.45) is 2.66. The molecule has 0 saturated heterocycles. The smallest absolute Gasteiger partial charge is 0.341 e. The molecule has 0 radical (unpaired) electrons. The Balaban J connectivity index is 3.00. The molecule has 0 atom stereocenters. The first-order valence-corrected chi connectivity index (χ1v) is 6.16. The summed E-state index contributed by atoms with van der Waals surface area (Å²) in [6, 6.07) is 9.30. The Morgan fingerprint density at radius 3 is 2.39 bits per heavy atom. The monoisotopic (exact) mass is 246 g/mol. The van der Waals surface area contributed by atoms with Crippen LogP contribution in [-0.2, 0) is 14.3 Å². The molecular formula is C15H18O3. The van der Waals surface area contributed by atoms with E-state index < -0.39 is 5.97 Å². The molecule has 0 aliphatic heterocycles. The van der Waals surface area contributed by atoms with Crippen LogP contribution in [0.5, 0.6) is 0 Å². The van der Waals surface area contributed by atoms with Gasteiger partial charge in [-0.15, -0.1) is 0 Å². The zero-order valence-electron chi connectivity index (χ0n) is 10.8. The minimum absolute atomic E-state index is 0.130. The summed E-state index contributed by atoms with van der Waals surface area (Å²) < 4.78 is 4.92. The first kappa shape index (κ1) is 14.2. The summed E-state index contributed by atoms with van der Waals surface area (Å²) in [4.78, 5) is 23.6. The number of carbonyl (C=O) groups excluding carboxylic acids is 2. The second-order valence-electron chi connectivity index (χ2n) is 3.86. The average Bonchev–Trinajstić information content (AvgIpc) is 2.37. The van der Waals surface area contributed by atoms with Crippen molar-refractivity contribution in [2.75, 3.05) is 6.61 Å². The highest BCUT2D eigenvalue weighted by molar-refractivity contribution is 6.20. The number of Topliss-reactive ketones (excluding diaryl/α,β-unsaturated/α-hetero) is 1. The van der Waals surface area contributed by atoms with E-state index in [-0.39, 0.29) is 18.0 Å². The summed E-state index contributed by atoms with van der Waals surface area (Å²) in [5.41, 5.74) is 0.954. The van der Waals surface area contributed by atoms with Crippen LogP contribution in [0.4, 0.5) is 0 Å². The Hall–Kier alpha value is -1.90. The van der Waals surface area contributed by atoms with Gasteiger partial charge >= 0.3 is 5.97 Å². The van der Waals surface area contributed by atoms with E-state index in [1.165, 1.54) is 0 Å². The maximum absolute atomic E-state index is 11.9. The fourth-order valence-corrected chi connectivity index (χ4v) is 1.54. The third-order valence-electron chi connectivity index (χ3n) is 2.38. The first-order chi connectivity index (χ1) is 8.69. The van der Waals surface area contributed by atoms with E-state index in [1.54, 1.807) is 13.0 Å². The normalized spacial score (nSPS) is 11.1. The zero-order chi connectivity index (χ0) is 13.4. The Kier molecular flexibility index (Phi) is 5.85. The van der Waals surface area contributed by atoms with Gasteiger partial charge in [0.1, 0.15) is 5.57 Å². The van der Waals surface area contributed by atoms with Crippen LogP contribution in [0.25, 0.3) is 6.08 Å². The van der Waals surface area contributed by atoms with Crippen LogP contribution in [0, 0.1) is 0 Å². The lowest BCUT2D eigenvalue weighted by molar-refractivity contribution is -0.139. The minimum atomic E-state index is -0.542. The van der Waals surface area contributed by atoms with Crippen LogP contribution in [0.15, 0.2) is 35.9 Å². The van der Waals surface area contributed by atoms with E-state index in [2.05, 4.69) is 0 Å². The third kappa shape index (κ3) is 4.17. The highest BCUT2D eigenvalue weighted by Gasteiger charge is 2.18. The Morgan fingerprint density at radius 2 is 1.83 bits per heavy atom. The molecule has 0 fully saturated rings. The fraction of sp³-hybridized carbons (Fsp3) is 0.333. The van der Waals surface area contributed by atoms with E-state index in [0.29, 0.717) is 12.8 Å². The van der Waals surface area contributed by atoms with Crippen LogP contribution >= 0.6 is 0 Å². The van der Waals surface area contributed by atoms with Gasteiger partial charge in [-0.05, 0) is 25.0 Å². The van der Waals surface area contributed by atoms with E-state index in [4.69, 9.17) is 4.74 Å². The molecule has 1 aromatic carbocycles. The summed E-state index contributed by atoms with van der Waals surface area (Å²) >= 11 is 0. The van der Waals surface area contributed by atoms with Gasteiger partial charge in [-0.1, -0.05) is 37.3 Å². The molecule has 0 spiro atoms. The van der Waals surface area contributed by atoms with Crippen molar-refractivity contribution in [2.24, 2.45) is 0 Å². The van der Waals surface area contributed by atoms with Crippen molar-refractivity contribution in [1.29, 1.82) is 0 Å². The molecule has 0 unspecified atom stereocenters. The number of ether oxygens (including phenoxy) is 1. The maximum atomic E-state index is 11.9. The van der Waals surface area contributed by atoms with Gasteiger partial charge in [0.15, 0.2) is 5.78 Å². The van der Waals surface area contributed by atoms with Crippen molar-refractivity contribution in [3.63, 3.8) is 0 Å². The molecule has 0 saturated carbocycles. The fourth-order valence-electron chi connectivity index (χ4n) is 1.54. The summed E-state index contributed by atoms with van der Waals surface area (Å²) in [5.74, 6) is -0.709. The van der Waals surface area contributed by atoms with Crippen LogP contribution in [0.3, 0.4) is 0 Å². The molecule has 0 aromatic heterocycles. The average molecular weight is 246 g/mol. The number of hydrogen-bond donors (Lipinski definition) is 0. The molecule has 0 heterocycles. The predicted molar refractivity (Wildman–Crippen MR) is 71.0 cm³/mol. The number of hydrogen-bond acceptors (Lipinski definition) is 3. The lowest BCUT2D eigenvalue weighted by Crippen LogP contribution is -2.15. The Bertz CT molecular complexity index is 412. The van der Waals surface area contributed by atoms with E-state index in [9.17, 15) is 9.59 Å². The molecule has 3 nitrogen and oxygen atoms in total. The van der Waals surface area contributed by atoms with Gasteiger partial charge in [-0.2, -0.15) is 0 Å². The van der Waals surface area contributed by atoms with Crippen LogP contribution in [-0.4, -0.2) is 18.4 Å². The predicted octanol–water partition coefficient (Wildman–Crippen LogP) is 3.00. The summed E-state index contributed by atoms with van der Waals surface area (Å²) in [6.45, 7) is 3.90. The van der Waals surface area contributed by atoms with Crippen LogP contribution < -0.4 is 0 Å². The standard InChI is InChI=1S/C15H18O3/c1-3-8-14(16)13(15(17)18-4-2)11-12-9-6-5-7-10-12/h5-7,9-11H,3-4,8H2,1-2H3. The van der Waals surface area contributed by atoms with E-state index >= 15 is 0 Å². The quantitative estimate of drug-likeness (QED) is 0.335. The lowest BCUT2D eigenvalue weighted by Gasteiger charge is -2.05. The van der Waals surface area contributed by atoms with Gasteiger partial charge in [0.05, 0.1) is 6.61 Å². The number of rotatable bonds is 6. The van der Waals surface area contributed by atoms with Crippen molar-refractivity contribution >= 4 is 17.8 Å². The van der Waals surface area contributed by atoms with Crippen molar-refractivity contribution in [1.82, 2.24) is 0 Å². The number of carbonyl (C=O) groups is 2. The molecule has 96 valence electrons. The second kappa shape index (κ2) is 7.43. The summed E-state index contributed by atoms with van der Waals surface area (Å²) in [5, 5.41) is 0. The molecule has 1 rings (SSSR count). The van der Waals surface area contributed by atoms with E-state index in [0.717, 1.165) is 5.56 Å². The lowest BCUT2D eigenvalue weighted by atomic mass is 10.0. The molecule has 3 heteroatoms. The molecular weight excluding hydrogens is 228 g/mol. The van der Waals surface area contributed by atoms with Gasteiger partial charge in [-0.3, -0.25) is 4.79 Å². The minimum Gasteiger partial charge on any atom is -0.462 e. The highest BCUT2D eigenvalue weighted by atomic mass is 16.5. The molecule has 0 aliphatic carbocycles. The van der Waals surface area contributed by atoms with Gasteiger partial charge in [0.2, 0.25) is 0 Å². The van der Waals surface area contributed by atoms with Crippen molar-refractivity contribution in [2.45, 2.75) is 26.7 Å². The SMILES string of the molecule is CCCC(=O)C(=Cc1ccccc1)C(=O)OCC. The Labute approximate surface area is 107 Å². The van der Waals surface area contributed by atoms with Gasteiger partial charge in [-0.25, -0.2) is 4.79 Å². The van der Waals surface area contributed by atoms with Crippen molar-refractivity contribution in [3.8, 4) is 0 Å². The molecule has 18 heavy (non-hydrogen) atoms.